The van der Waals surface area contributed by atoms with E-state index < -0.39 is 12.1 Å². The first kappa shape index (κ1) is 11.2. The molecule has 6 heteroatoms. The molecule has 3 rings (SSSR count). The van der Waals surface area contributed by atoms with Gasteiger partial charge in [-0.05, 0) is 25.2 Å². The average molecular weight is 247 g/mol. The van der Waals surface area contributed by atoms with Crippen molar-refractivity contribution in [2.24, 2.45) is 5.92 Å². The number of esters is 1. The normalized spacial score (nSPS) is 27.3. The Morgan fingerprint density at radius 2 is 2.50 bits per heavy atom. The van der Waals surface area contributed by atoms with Crippen LogP contribution in [0.5, 0.6) is 0 Å². The number of carbonyl (C=O) groups excluding carboxylic acids is 1. The largest absolute Gasteiger partial charge is 0.465 e. The molecule has 1 saturated carbocycles. The molecule has 0 saturated heterocycles. The highest BCUT2D eigenvalue weighted by Crippen LogP contribution is 2.62. The predicted octanol–water partition coefficient (Wildman–Crippen LogP) is 0.468. The van der Waals surface area contributed by atoms with Crippen molar-refractivity contribution < 1.29 is 14.6 Å². The van der Waals surface area contributed by atoms with E-state index in [1.54, 1.807) is 6.92 Å². The Labute approximate surface area is 104 Å². The highest BCUT2D eigenvalue weighted by atomic mass is 16.5. The minimum atomic E-state index is -0.603. The highest BCUT2D eigenvalue weighted by Gasteiger charge is 2.55. The van der Waals surface area contributed by atoms with E-state index in [2.05, 4.69) is 5.10 Å². The van der Waals surface area contributed by atoms with Crippen molar-refractivity contribution in [2.75, 3.05) is 6.61 Å². The van der Waals surface area contributed by atoms with Crippen molar-refractivity contribution in [2.45, 2.75) is 31.9 Å². The van der Waals surface area contributed by atoms with Crippen LogP contribution < -0.4 is 0 Å². The smallest absolute Gasteiger partial charge is 0.327 e. The zero-order valence-electron chi connectivity index (χ0n) is 9.96. The number of aliphatic hydroxyl groups excluding tert-OH is 1. The highest BCUT2D eigenvalue weighted by molar-refractivity contribution is 5.69. The fraction of sp³-hybridized carbons (Fsp3) is 0.583. The first-order valence-electron chi connectivity index (χ1n) is 6.01. The molecule has 1 fully saturated rings. The minimum Gasteiger partial charge on any atom is -0.465 e. The molecule has 0 radical (unpaired) electrons. The SMILES string of the molecule is CCOC(=O)Cn1nc(C#N)c2c1[C@@H](O)[C@@H]1C[C@H]21. The molecule has 0 aromatic carbocycles. The molecular weight excluding hydrogens is 234 g/mol. The maximum absolute atomic E-state index is 11.5. The van der Waals surface area contributed by atoms with Crippen LogP contribution in [0.15, 0.2) is 0 Å². The van der Waals surface area contributed by atoms with E-state index in [9.17, 15) is 9.90 Å². The van der Waals surface area contributed by atoms with Gasteiger partial charge >= 0.3 is 5.97 Å². The van der Waals surface area contributed by atoms with Gasteiger partial charge in [-0.2, -0.15) is 10.4 Å². The number of ether oxygens (including phenoxy) is 1. The zero-order chi connectivity index (χ0) is 12.9. The van der Waals surface area contributed by atoms with Gasteiger partial charge in [-0.15, -0.1) is 0 Å². The lowest BCUT2D eigenvalue weighted by Crippen LogP contribution is -2.18. The maximum atomic E-state index is 11.5. The van der Waals surface area contributed by atoms with Crippen molar-refractivity contribution in [3.05, 3.63) is 17.0 Å². The molecule has 1 N–H and O–H groups in total. The third-order valence-corrected chi connectivity index (χ3v) is 3.62. The van der Waals surface area contributed by atoms with E-state index in [4.69, 9.17) is 10.00 Å². The van der Waals surface area contributed by atoms with E-state index in [0.29, 0.717) is 18.0 Å². The third-order valence-electron chi connectivity index (χ3n) is 3.62. The van der Waals surface area contributed by atoms with Crippen molar-refractivity contribution in [3.8, 4) is 6.07 Å². The van der Waals surface area contributed by atoms with Crippen LogP contribution in [-0.4, -0.2) is 27.5 Å². The lowest BCUT2D eigenvalue weighted by atomic mass is 10.1. The Balaban J connectivity index is 1.95. The van der Waals surface area contributed by atoms with E-state index in [1.165, 1.54) is 4.68 Å². The van der Waals surface area contributed by atoms with Crippen LogP contribution in [0.3, 0.4) is 0 Å². The van der Waals surface area contributed by atoms with E-state index in [0.717, 1.165) is 12.0 Å². The molecule has 0 aliphatic heterocycles. The second kappa shape index (κ2) is 3.82. The number of nitriles is 1. The molecular formula is C12H13N3O3. The van der Waals surface area contributed by atoms with Crippen LogP contribution in [0.1, 0.15) is 42.3 Å². The monoisotopic (exact) mass is 247 g/mol. The summed E-state index contributed by atoms with van der Waals surface area (Å²) in [5.41, 5.74) is 1.79. The first-order valence-corrected chi connectivity index (χ1v) is 6.01. The van der Waals surface area contributed by atoms with Crippen molar-refractivity contribution in [1.82, 2.24) is 9.78 Å². The Bertz CT molecular complexity index is 558. The van der Waals surface area contributed by atoms with Crippen LogP contribution in [0.2, 0.25) is 0 Å². The summed E-state index contributed by atoms with van der Waals surface area (Å²) in [6.07, 6.45) is 0.308. The lowest BCUT2D eigenvalue weighted by Gasteiger charge is -2.10. The quantitative estimate of drug-likeness (QED) is 0.784. The molecule has 94 valence electrons. The molecule has 1 heterocycles. The molecule has 1 aromatic rings. The van der Waals surface area contributed by atoms with Crippen LogP contribution >= 0.6 is 0 Å². The van der Waals surface area contributed by atoms with Crippen LogP contribution in [-0.2, 0) is 16.1 Å². The van der Waals surface area contributed by atoms with Crippen molar-refractivity contribution >= 4 is 5.97 Å². The van der Waals surface area contributed by atoms with Gasteiger partial charge in [0.05, 0.1) is 18.4 Å². The molecule has 18 heavy (non-hydrogen) atoms. The summed E-state index contributed by atoms with van der Waals surface area (Å²) < 4.78 is 6.28. The molecule has 6 nitrogen and oxygen atoms in total. The summed E-state index contributed by atoms with van der Waals surface area (Å²) in [5, 5.41) is 23.2. The van der Waals surface area contributed by atoms with Gasteiger partial charge < -0.3 is 9.84 Å². The van der Waals surface area contributed by atoms with Crippen LogP contribution in [0.4, 0.5) is 0 Å². The molecule has 2 aliphatic carbocycles. The summed E-state index contributed by atoms with van der Waals surface area (Å²) >= 11 is 0. The van der Waals surface area contributed by atoms with Crippen LogP contribution in [0.25, 0.3) is 0 Å². The maximum Gasteiger partial charge on any atom is 0.327 e. The van der Waals surface area contributed by atoms with Crippen LogP contribution in [0, 0.1) is 17.2 Å². The second-order valence-electron chi connectivity index (χ2n) is 4.67. The van der Waals surface area contributed by atoms with Gasteiger partial charge in [0.15, 0.2) is 5.69 Å². The van der Waals surface area contributed by atoms with E-state index in [1.807, 2.05) is 6.07 Å². The molecule has 0 amide bonds. The van der Waals surface area contributed by atoms with Gasteiger partial charge in [-0.3, -0.25) is 9.48 Å². The van der Waals surface area contributed by atoms with Gasteiger partial charge in [0.25, 0.3) is 0 Å². The number of fused-ring (bicyclic) bond motifs is 3. The Morgan fingerprint density at radius 3 is 3.17 bits per heavy atom. The number of nitrogens with zero attached hydrogens (tertiary/aromatic N) is 3. The Morgan fingerprint density at radius 1 is 1.72 bits per heavy atom. The van der Waals surface area contributed by atoms with Crippen molar-refractivity contribution in [1.29, 1.82) is 5.26 Å². The standard InChI is InChI=1S/C12H13N3O3/c1-2-18-9(16)5-15-11-10(8(4-13)14-15)6-3-7(6)12(11)17/h6-7,12,17H,2-3,5H2,1H3/t6-,7+,12-/m0/s1. The number of carbonyl (C=O) groups is 1. The van der Waals surface area contributed by atoms with Crippen molar-refractivity contribution in [3.63, 3.8) is 0 Å². The van der Waals surface area contributed by atoms with Gasteiger partial charge in [-0.25, -0.2) is 0 Å². The molecule has 1 aromatic heterocycles. The summed E-state index contributed by atoms with van der Waals surface area (Å²) in [6, 6.07) is 2.04. The number of hydrogen-bond donors (Lipinski definition) is 1. The molecule has 0 unspecified atom stereocenters. The predicted molar refractivity (Wildman–Crippen MR) is 59.4 cm³/mol. The topological polar surface area (TPSA) is 88.1 Å². The lowest BCUT2D eigenvalue weighted by molar-refractivity contribution is -0.144. The van der Waals surface area contributed by atoms with E-state index in [-0.39, 0.29) is 18.4 Å². The molecule has 3 atom stereocenters. The number of aliphatic hydroxyl groups is 1. The Hall–Kier alpha value is -1.87. The minimum absolute atomic E-state index is 0.0473. The molecule has 0 bridgehead atoms. The van der Waals surface area contributed by atoms with Gasteiger partial charge in [-0.1, -0.05) is 0 Å². The summed E-state index contributed by atoms with van der Waals surface area (Å²) in [4.78, 5) is 11.5. The van der Waals surface area contributed by atoms with Gasteiger partial charge in [0, 0.05) is 5.56 Å². The van der Waals surface area contributed by atoms with E-state index >= 15 is 0 Å². The summed E-state index contributed by atoms with van der Waals surface area (Å²) in [5.74, 6) is 0.0548. The number of hydrogen-bond acceptors (Lipinski definition) is 5. The Kier molecular flexibility index (Phi) is 2.38. The summed E-state index contributed by atoms with van der Waals surface area (Å²) in [7, 11) is 0. The number of aromatic nitrogens is 2. The average Bonchev–Trinajstić information content (AvgIpc) is 2.97. The van der Waals surface area contributed by atoms with Gasteiger partial charge in [0.1, 0.15) is 12.6 Å². The number of rotatable bonds is 3. The fourth-order valence-corrected chi connectivity index (χ4v) is 2.80. The second-order valence-corrected chi connectivity index (χ2v) is 4.67. The third kappa shape index (κ3) is 1.44. The summed E-state index contributed by atoms with van der Waals surface area (Å²) in [6.45, 7) is 1.99. The molecule has 0 spiro atoms. The molecule has 2 aliphatic rings. The first-order chi connectivity index (χ1) is 8.67. The fourth-order valence-electron chi connectivity index (χ4n) is 2.80. The zero-order valence-corrected chi connectivity index (χ0v) is 9.96. The van der Waals surface area contributed by atoms with Gasteiger partial charge in [0.2, 0.25) is 0 Å².